The zero-order valence-corrected chi connectivity index (χ0v) is 18.9. The van der Waals surface area contributed by atoms with Crippen molar-refractivity contribution in [2.24, 2.45) is 5.10 Å². The van der Waals surface area contributed by atoms with E-state index in [9.17, 15) is 4.57 Å². The van der Waals surface area contributed by atoms with E-state index in [-0.39, 0.29) is 12.2 Å². The van der Waals surface area contributed by atoms with Crippen molar-refractivity contribution in [3.8, 4) is 11.4 Å². The molecule has 0 aliphatic carbocycles. The number of nitrogens with zero attached hydrogens (tertiary/aromatic N) is 4. The minimum atomic E-state index is -3.88. The van der Waals surface area contributed by atoms with Crippen molar-refractivity contribution in [3.05, 3.63) is 71.6 Å². The van der Waals surface area contributed by atoms with E-state index in [1.165, 1.54) is 11.1 Å². The van der Waals surface area contributed by atoms with E-state index in [0.29, 0.717) is 24.6 Å². The molecule has 1 unspecified atom stereocenters. The van der Waals surface area contributed by atoms with E-state index in [0.717, 1.165) is 30.5 Å². The van der Waals surface area contributed by atoms with Crippen molar-refractivity contribution in [1.82, 2.24) is 15.1 Å². The first-order valence-corrected chi connectivity index (χ1v) is 12.5. The van der Waals surface area contributed by atoms with Crippen molar-refractivity contribution in [1.29, 1.82) is 0 Å². The first-order valence-electron chi connectivity index (χ1n) is 10.7. The van der Waals surface area contributed by atoms with E-state index < -0.39 is 7.60 Å². The van der Waals surface area contributed by atoms with Crippen LogP contribution in [0.4, 0.5) is 0 Å². The monoisotopic (exact) mass is 454 g/mol. The molecule has 9 heteroatoms. The van der Waals surface area contributed by atoms with Gasteiger partial charge in [-0.3, -0.25) is 9.57 Å². The molecule has 0 amide bonds. The summed E-state index contributed by atoms with van der Waals surface area (Å²) >= 11 is 0. The summed E-state index contributed by atoms with van der Waals surface area (Å²) in [5.74, 6) is 0.973. The molecule has 0 fully saturated rings. The summed E-state index contributed by atoms with van der Waals surface area (Å²) in [6.07, 6.45) is 3.76. The topological polar surface area (TPSA) is 112 Å². The van der Waals surface area contributed by atoms with Gasteiger partial charge in [-0.2, -0.15) is 10.1 Å². The summed E-state index contributed by atoms with van der Waals surface area (Å²) in [6.45, 7) is 0. The minimum Gasteiger partial charge on any atom is -0.332 e. The van der Waals surface area contributed by atoms with Gasteiger partial charge in [-0.1, -0.05) is 66.2 Å². The largest absolute Gasteiger partial charge is 0.332 e. The predicted molar refractivity (Wildman–Crippen MR) is 122 cm³/mol. The lowest BCUT2D eigenvalue weighted by Gasteiger charge is -2.18. The standard InChI is InChI=1S/C23H27N4O4P/c1-27-21(18-9-5-2-6-10-18)16-20(25-27)23-24-22(26-31-23)19-13-11-17(12-14-19)8-4-3-7-15-32(28,29)30/h2,5-6,9-14,21H,3-4,7-8,15-16H2,1H3,(H2,28,29,30). The molecule has 32 heavy (non-hydrogen) atoms. The van der Waals surface area contributed by atoms with Crippen molar-refractivity contribution >= 4 is 13.3 Å². The van der Waals surface area contributed by atoms with E-state index in [1.807, 2.05) is 54.5 Å². The molecule has 1 aromatic heterocycles. The van der Waals surface area contributed by atoms with Crippen molar-refractivity contribution in [2.75, 3.05) is 13.2 Å². The summed E-state index contributed by atoms with van der Waals surface area (Å²) in [7, 11) is -1.93. The summed E-state index contributed by atoms with van der Waals surface area (Å²) in [5, 5.41) is 10.7. The first-order chi connectivity index (χ1) is 15.4. The first kappa shape index (κ1) is 22.4. The number of unbranched alkanes of at least 4 members (excludes halogenated alkanes) is 2. The molecular formula is C23H27N4O4P. The van der Waals surface area contributed by atoms with E-state index >= 15 is 0 Å². The molecule has 1 atom stereocenters. The average molecular weight is 454 g/mol. The lowest BCUT2D eigenvalue weighted by atomic mass is 10.0. The predicted octanol–water partition coefficient (Wildman–Crippen LogP) is 4.41. The molecule has 3 aromatic rings. The van der Waals surface area contributed by atoms with Gasteiger partial charge in [0.25, 0.3) is 5.89 Å². The van der Waals surface area contributed by atoms with Crippen LogP contribution in [0.1, 0.15) is 48.7 Å². The Balaban J connectivity index is 1.34. The van der Waals surface area contributed by atoms with Crippen LogP contribution >= 0.6 is 7.60 Å². The second-order valence-electron chi connectivity index (χ2n) is 8.07. The highest BCUT2D eigenvalue weighted by molar-refractivity contribution is 7.51. The quantitative estimate of drug-likeness (QED) is 0.364. The van der Waals surface area contributed by atoms with Gasteiger partial charge in [0.1, 0.15) is 5.71 Å². The third-order valence-electron chi connectivity index (χ3n) is 5.60. The molecule has 0 saturated carbocycles. The zero-order valence-electron chi connectivity index (χ0n) is 18.0. The van der Waals surface area contributed by atoms with Crippen LogP contribution in [0, 0.1) is 0 Å². The Morgan fingerprint density at radius 2 is 1.81 bits per heavy atom. The third-order valence-corrected chi connectivity index (χ3v) is 6.50. The minimum absolute atomic E-state index is 0.0424. The molecule has 1 aliphatic heterocycles. The van der Waals surface area contributed by atoms with Gasteiger partial charge in [0.2, 0.25) is 5.82 Å². The van der Waals surface area contributed by atoms with Crippen LogP contribution in [0.2, 0.25) is 0 Å². The van der Waals surface area contributed by atoms with Crippen LogP contribution < -0.4 is 0 Å². The molecule has 0 spiro atoms. The molecule has 0 radical (unpaired) electrons. The maximum absolute atomic E-state index is 10.9. The van der Waals surface area contributed by atoms with Crippen LogP contribution in [0.15, 0.2) is 64.2 Å². The highest BCUT2D eigenvalue weighted by Gasteiger charge is 2.29. The lowest BCUT2D eigenvalue weighted by molar-refractivity contribution is 0.290. The van der Waals surface area contributed by atoms with E-state index in [2.05, 4.69) is 27.4 Å². The van der Waals surface area contributed by atoms with Gasteiger partial charge in [-0.25, -0.2) is 0 Å². The number of rotatable bonds is 9. The van der Waals surface area contributed by atoms with Crippen molar-refractivity contribution < 1.29 is 18.9 Å². The second-order valence-corrected chi connectivity index (χ2v) is 9.85. The fourth-order valence-corrected chi connectivity index (χ4v) is 4.49. The SMILES string of the molecule is CN1N=C(c2nc(-c3ccc(CCCCCP(=O)(O)O)cc3)no2)CC1c1ccccc1. The number of benzene rings is 2. The molecule has 4 rings (SSSR count). The average Bonchev–Trinajstić information content (AvgIpc) is 3.41. The zero-order chi connectivity index (χ0) is 22.6. The maximum atomic E-state index is 10.9. The molecular weight excluding hydrogens is 427 g/mol. The van der Waals surface area contributed by atoms with Crippen molar-refractivity contribution in [2.45, 2.75) is 38.1 Å². The fourth-order valence-electron chi connectivity index (χ4n) is 3.86. The molecule has 2 heterocycles. The normalized spacial score (nSPS) is 16.4. The van der Waals surface area contributed by atoms with E-state index in [4.69, 9.17) is 14.3 Å². The number of hydrogen-bond acceptors (Lipinski definition) is 6. The Morgan fingerprint density at radius 1 is 1.06 bits per heavy atom. The maximum Gasteiger partial charge on any atom is 0.325 e. The Labute approximate surface area is 187 Å². The van der Waals surface area contributed by atoms with Gasteiger partial charge in [0.15, 0.2) is 0 Å². The number of hydrogen-bond donors (Lipinski definition) is 2. The van der Waals surface area contributed by atoms with E-state index in [1.54, 1.807) is 0 Å². The van der Waals surface area contributed by atoms with Crippen molar-refractivity contribution in [3.63, 3.8) is 0 Å². The molecule has 0 bridgehead atoms. The second kappa shape index (κ2) is 9.77. The van der Waals surface area contributed by atoms with Gasteiger partial charge in [0, 0.05) is 25.2 Å². The Bertz CT molecular complexity index is 1110. The lowest BCUT2D eigenvalue weighted by Crippen LogP contribution is -2.13. The number of aromatic nitrogens is 2. The molecule has 2 aromatic carbocycles. The number of hydrazone groups is 1. The van der Waals surface area contributed by atoms with Gasteiger partial charge in [-0.05, 0) is 30.4 Å². The van der Waals surface area contributed by atoms with Gasteiger partial charge in [0.05, 0.1) is 6.04 Å². The van der Waals surface area contributed by atoms with Gasteiger partial charge < -0.3 is 14.3 Å². The molecule has 8 nitrogen and oxygen atoms in total. The molecule has 1 aliphatic rings. The summed E-state index contributed by atoms with van der Waals surface area (Å²) in [4.78, 5) is 22.4. The number of aryl methyl sites for hydroxylation is 1. The fraction of sp³-hybridized carbons (Fsp3) is 0.348. The van der Waals surface area contributed by atoms with Crippen LogP contribution in [0.3, 0.4) is 0 Å². The summed E-state index contributed by atoms with van der Waals surface area (Å²) in [5.41, 5.74) is 4.02. The highest BCUT2D eigenvalue weighted by atomic mass is 31.2. The Kier molecular flexibility index (Phi) is 6.84. The summed E-state index contributed by atoms with van der Waals surface area (Å²) < 4.78 is 16.4. The van der Waals surface area contributed by atoms with Gasteiger partial charge >= 0.3 is 7.60 Å². The third kappa shape index (κ3) is 5.71. The molecule has 2 N–H and O–H groups in total. The Hall–Kier alpha value is -2.80. The Morgan fingerprint density at radius 3 is 2.53 bits per heavy atom. The van der Waals surface area contributed by atoms with Crippen LogP contribution in [-0.2, 0) is 11.0 Å². The van der Waals surface area contributed by atoms with Gasteiger partial charge in [-0.15, -0.1) is 0 Å². The molecule has 168 valence electrons. The van der Waals surface area contributed by atoms with Crippen LogP contribution in [0.5, 0.6) is 0 Å². The smallest absolute Gasteiger partial charge is 0.325 e. The summed E-state index contributed by atoms with van der Waals surface area (Å²) in [6, 6.07) is 18.4. The highest BCUT2D eigenvalue weighted by Crippen LogP contribution is 2.35. The van der Waals surface area contributed by atoms with Crippen LogP contribution in [-0.4, -0.2) is 43.9 Å². The van der Waals surface area contributed by atoms with Crippen LogP contribution in [0.25, 0.3) is 11.4 Å². The molecule has 0 saturated heterocycles.